The van der Waals surface area contributed by atoms with Crippen LogP contribution in [0.1, 0.15) is 43.7 Å². The van der Waals surface area contributed by atoms with E-state index in [4.69, 9.17) is 0 Å². The summed E-state index contributed by atoms with van der Waals surface area (Å²) in [4.78, 5) is 10.2. The molecule has 1 aliphatic rings. The molecular weight excluding hydrogens is 292 g/mol. The number of hydrogen-bond donors (Lipinski definition) is 1. The van der Waals surface area contributed by atoms with Crippen LogP contribution < -0.4 is 5.43 Å². The number of rotatable bonds is 5. The van der Waals surface area contributed by atoms with Crippen molar-refractivity contribution in [2.75, 3.05) is 5.43 Å². The van der Waals surface area contributed by atoms with Gasteiger partial charge in [-0.1, -0.05) is 19.3 Å². The van der Waals surface area contributed by atoms with Crippen molar-refractivity contribution in [2.45, 2.75) is 38.1 Å². The fourth-order valence-corrected chi connectivity index (χ4v) is 2.95. The summed E-state index contributed by atoms with van der Waals surface area (Å²) in [5.41, 5.74) is 4.73. The van der Waals surface area contributed by atoms with Crippen molar-refractivity contribution < 1.29 is 4.92 Å². The average molecular weight is 312 g/mol. The van der Waals surface area contributed by atoms with Crippen LogP contribution in [0, 0.1) is 10.1 Å². The second-order valence-electron chi connectivity index (χ2n) is 5.86. The predicted molar refractivity (Wildman–Crippen MR) is 90.9 cm³/mol. The van der Waals surface area contributed by atoms with Crippen molar-refractivity contribution in [1.29, 1.82) is 0 Å². The fourth-order valence-electron chi connectivity index (χ4n) is 2.95. The second kappa shape index (κ2) is 7.09. The third-order valence-electron chi connectivity index (χ3n) is 4.22. The van der Waals surface area contributed by atoms with Crippen molar-refractivity contribution in [2.24, 2.45) is 5.10 Å². The monoisotopic (exact) mass is 312 g/mol. The summed E-state index contributed by atoms with van der Waals surface area (Å²) >= 11 is 0. The molecule has 3 rings (SSSR count). The van der Waals surface area contributed by atoms with Crippen LogP contribution in [0.5, 0.6) is 0 Å². The Morgan fingerprint density at radius 3 is 2.61 bits per heavy atom. The fraction of sp³-hybridized carbons (Fsp3) is 0.353. The lowest BCUT2D eigenvalue weighted by Crippen LogP contribution is -2.10. The summed E-state index contributed by atoms with van der Waals surface area (Å²) in [6.07, 6.45) is 12.5. The molecule has 0 spiro atoms. The molecule has 6 nitrogen and oxygen atoms in total. The third-order valence-corrected chi connectivity index (χ3v) is 4.22. The Morgan fingerprint density at radius 1 is 1.17 bits per heavy atom. The van der Waals surface area contributed by atoms with Gasteiger partial charge in [0.15, 0.2) is 0 Å². The van der Waals surface area contributed by atoms with Gasteiger partial charge in [-0.3, -0.25) is 15.5 Å². The molecule has 0 bridgehead atoms. The summed E-state index contributed by atoms with van der Waals surface area (Å²) in [5, 5.41) is 14.8. The Hall–Kier alpha value is -2.63. The Morgan fingerprint density at radius 2 is 1.91 bits per heavy atom. The zero-order valence-electron chi connectivity index (χ0n) is 12.9. The van der Waals surface area contributed by atoms with E-state index in [0.29, 0.717) is 6.04 Å². The highest BCUT2D eigenvalue weighted by Crippen LogP contribution is 2.28. The second-order valence-corrected chi connectivity index (χ2v) is 5.86. The molecule has 2 aromatic rings. The van der Waals surface area contributed by atoms with Crippen LogP contribution in [0.25, 0.3) is 0 Å². The van der Waals surface area contributed by atoms with Gasteiger partial charge in [0.1, 0.15) is 0 Å². The molecule has 1 aromatic carbocycles. The van der Waals surface area contributed by atoms with E-state index in [2.05, 4.69) is 33.6 Å². The molecule has 120 valence electrons. The maximum atomic E-state index is 10.6. The first-order chi connectivity index (χ1) is 11.2. The lowest BCUT2D eigenvalue weighted by Gasteiger charge is -2.23. The van der Waals surface area contributed by atoms with E-state index < -0.39 is 4.92 Å². The number of hydrazone groups is 1. The minimum atomic E-state index is -0.416. The number of non-ortho nitro benzene ring substituents is 1. The lowest BCUT2D eigenvalue weighted by atomic mass is 9.95. The number of nitrogens with zero attached hydrogens (tertiary/aromatic N) is 3. The number of benzene rings is 1. The Kier molecular flexibility index (Phi) is 4.71. The molecule has 1 fully saturated rings. The van der Waals surface area contributed by atoms with Gasteiger partial charge in [0.05, 0.1) is 16.8 Å². The van der Waals surface area contributed by atoms with Gasteiger partial charge < -0.3 is 4.57 Å². The normalized spacial score (nSPS) is 15.8. The molecule has 23 heavy (non-hydrogen) atoms. The van der Waals surface area contributed by atoms with Crippen molar-refractivity contribution >= 4 is 17.6 Å². The SMILES string of the molecule is O=[N+]([O-])c1ccc(N/N=C\c2ccn(C3CCCCC3)c2)cc1. The van der Waals surface area contributed by atoms with Crippen LogP contribution >= 0.6 is 0 Å². The van der Waals surface area contributed by atoms with Crippen molar-refractivity contribution in [1.82, 2.24) is 4.57 Å². The highest BCUT2D eigenvalue weighted by molar-refractivity contribution is 5.79. The number of nitro benzene ring substituents is 1. The molecule has 1 N–H and O–H groups in total. The molecular formula is C17H20N4O2. The topological polar surface area (TPSA) is 72.5 Å². The number of nitro groups is 1. The van der Waals surface area contributed by atoms with E-state index in [1.165, 1.54) is 44.2 Å². The van der Waals surface area contributed by atoms with Gasteiger partial charge in [0, 0.05) is 36.1 Å². The molecule has 1 heterocycles. The maximum Gasteiger partial charge on any atom is 0.269 e. The van der Waals surface area contributed by atoms with Gasteiger partial charge in [-0.25, -0.2) is 0 Å². The highest BCUT2D eigenvalue weighted by atomic mass is 16.6. The van der Waals surface area contributed by atoms with Gasteiger partial charge in [-0.05, 0) is 31.0 Å². The first-order valence-electron chi connectivity index (χ1n) is 7.93. The molecule has 0 aliphatic heterocycles. The number of nitrogens with one attached hydrogen (secondary N) is 1. The zero-order valence-corrected chi connectivity index (χ0v) is 12.9. The van der Waals surface area contributed by atoms with E-state index in [9.17, 15) is 10.1 Å². The summed E-state index contributed by atoms with van der Waals surface area (Å²) in [6.45, 7) is 0. The first kappa shape index (κ1) is 15.3. The largest absolute Gasteiger partial charge is 0.351 e. The third kappa shape index (κ3) is 3.97. The predicted octanol–water partition coefficient (Wildman–Crippen LogP) is 4.35. The molecule has 1 aliphatic carbocycles. The van der Waals surface area contributed by atoms with E-state index in [-0.39, 0.29) is 5.69 Å². The summed E-state index contributed by atoms with van der Waals surface area (Å²) < 4.78 is 2.28. The standard InChI is InChI=1S/C17H20N4O2/c22-21(23)17-8-6-15(7-9-17)19-18-12-14-10-11-20(13-14)16-4-2-1-3-5-16/h6-13,16,19H,1-5H2/b18-12-. The first-order valence-corrected chi connectivity index (χ1v) is 7.93. The average Bonchev–Trinajstić information content (AvgIpc) is 3.05. The minimum absolute atomic E-state index is 0.0732. The molecule has 0 saturated heterocycles. The van der Waals surface area contributed by atoms with Crippen molar-refractivity contribution in [3.05, 3.63) is 58.4 Å². The maximum absolute atomic E-state index is 10.6. The summed E-state index contributed by atoms with van der Waals surface area (Å²) in [6, 6.07) is 8.86. The van der Waals surface area contributed by atoms with Crippen molar-refractivity contribution in [3.8, 4) is 0 Å². The van der Waals surface area contributed by atoms with E-state index >= 15 is 0 Å². The Labute approximate surface area is 135 Å². The zero-order chi connectivity index (χ0) is 16.1. The minimum Gasteiger partial charge on any atom is -0.351 e. The van der Waals surface area contributed by atoms with E-state index in [1.807, 2.05) is 0 Å². The van der Waals surface area contributed by atoms with Gasteiger partial charge in [-0.2, -0.15) is 5.10 Å². The van der Waals surface area contributed by atoms with Crippen LogP contribution in [0.15, 0.2) is 47.8 Å². The quantitative estimate of drug-likeness (QED) is 0.507. The van der Waals surface area contributed by atoms with Crippen LogP contribution in [-0.2, 0) is 0 Å². The smallest absolute Gasteiger partial charge is 0.269 e. The Bertz CT molecular complexity index is 685. The number of hydrogen-bond acceptors (Lipinski definition) is 4. The van der Waals surface area contributed by atoms with Crippen LogP contribution in [0.3, 0.4) is 0 Å². The molecule has 6 heteroatoms. The summed E-state index contributed by atoms with van der Waals surface area (Å²) in [5.74, 6) is 0. The van der Waals surface area contributed by atoms with E-state index in [0.717, 1.165) is 11.3 Å². The molecule has 1 aromatic heterocycles. The highest BCUT2D eigenvalue weighted by Gasteiger charge is 2.14. The molecule has 0 radical (unpaired) electrons. The van der Waals surface area contributed by atoms with Crippen LogP contribution in [0.4, 0.5) is 11.4 Å². The van der Waals surface area contributed by atoms with Crippen molar-refractivity contribution in [3.63, 3.8) is 0 Å². The lowest BCUT2D eigenvalue weighted by molar-refractivity contribution is -0.384. The van der Waals surface area contributed by atoms with Gasteiger partial charge in [-0.15, -0.1) is 0 Å². The van der Waals surface area contributed by atoms with Gasteiger partial charge in [0.25, 0.3) is 5.69 Å². The number of anilines is 1. The summed E-state index contributed by atoms with van der Waals surface area (Å²) in [7, 11) is 0. The molecule has 0 unspecified atom stereocenters. The van der Waals surface area contributed by atoms with E-state index in [1.54, 1.807) is 18.3 Å². The molecule has 0 atom stereocenters. The van der Waals surface area contributed by atoms with Gasteiger partial charge in [0.2, 0.25) is 0 Å². The van der Waals surface area contributed by atoms with Crippen LogP contribution in [0.2, 0.25) is 0 Å². The Balaban J connectivity index is 1.57. The van der Waals surface area contributed by atoms with Crippen LogP contribution in [-0.4, -0.2) is 15.7 Å². The molecule has 0 amide bonds. The number of aromatic nitrogens is 1. The van der Waals surface area contributed by atoms with Gasteiger partial charge >= 0.3 is 0 Å². The molecule has 1 saturated carbocycles.